The minimum absolute atomic E-state index is 0.479. The van der Waals surface area contributed by atoms with Crippen molar-refractivity contribution in [3.8, 4) is 0 Å². The smallest absolute Gasteiger partial charge is 0.413 e. The van der Waals surface area contributed by atoms with Gasteiger partial charge in [0.05, 0.1) is 6.20 Å². The van der Waals surface area contributed by atoms with Crippen LogP contribution in [-0.4, -0.2) is 39.9 Å². The first-order valence-corrected chi connectivity index (χ1v) is 8.38. The average Bonchev–Trinajstić information content (AvgIpc) is 2.78. The Morgan fingerprint density at radius 1 is 1.48 bits per heavy atom. The Labute approximate surface area is 130 Å². The molecule has 3 N–H and O–H groups in total. The number of amides is 1. The standard InChI is InChI=1S/C14H26N4O2S/c1-5-21-8-6-7-15-9-11-10-16-18-12(11)17-13(19)20-14(2,3)4/h10,15H,5-9H2,1-4H3,(H2,16,17,18,19). The number of thioether (sulfide) groups is 1. The molecule has 0 radical (unpaired) electrons. The summed E-state index contributed by atoms with van der Waals surface area (Å²) in [4.78, 5) is 11.7. The molecule has 1 aromatic rings. The Bertz CT molecular complexity index is 429. The van der Waals surface area contributed by atoms with Crippen LogP contribution in [0.15, 0.2) is 6.20 Å². The van der Waals surface area contributed by atoms with E-state index in [-0.39, 0.29) is 0 Å². The van der Waals surface area contributed by atoms with E-state index in [2.05, 4.69) is 27.8 Å². The van der Waals surface area contributed by atoms with Crippen molar-refractivity contribution in [3.05, 3.63) is 11.8 Å². The van der Waals surface area contributed by atoms with Gasteiger partial charge in [-0.05, 0) is 45.2 Å². The number of carbonyl (C=O) groups excluding carboxylic acids is 1. The Hall–Kier alpha value is -1.21. The van der Waals surface area contributed by atoms with E-state index in [9.17, 15) is 4.79 Å². The molecule has 0 spiro atoms. The number of hydrogen-bond acceptors (Lipinski definition) is 5. The minimum atomic E-state index is -0.514. The second-order valence-electron chi connectivity index (χ2n) is 5.62. The molecule has 6 nitrogen and oxygen atoms in total. The Kier molecular flexibility index (Phi) is 7.60. The summed E-state index contributed by atoms with van der Waals surface area (Å²) in [5.41, 5.74) is 0.406. The summed E-state index contributed by atoms with van der Waals surface area (Å²) in [6, 6.07) is 0. The molecular formula is C14H26N4O2S. The number of anilines is 1. The van der Waals surface area contributed by atoms with Crippen LogP contribution in [0.4, 0.5) is 10.6 Å². The van der Waals surface area contributed by atoms with E-state index in [1.165, 1.54) is 0 Å². The fourth-order valence-corrected chi connectivity index (χ4v) is 2.26. The number of aromatic nitrogens is 2. The summed E-state index contributed by atoms with van der Waals surface area (Å²) in [5.74, 6) is 2.91. The van der Waals surface area contributed by atoms with E-state index >= 15 is 0 Å². The van der Waals surface area contributed by atoms with Gasteiger partial charge in [-0.2, -0.15) is 16.9 Å². The molecule has 21 heavy (non-hydrogen) atoms. The average molecular weight is 314 g/mol. The summed E-state index contributed by atoms with van der Waals surface area (Å²) in [5, 5.41) is 12.8. The number of ether oxygens (including phenoxy) is 1. The monoisotopic (exact) mass is 314 g/mol. The molecule has 1 amide bonds. The number of carbonyl (C=O) groups is 1. The Morgan fingerprint density at radius 2 is 2.24 bits per heavy atom. The number of hydrogen-bond donors (Lipinski definition) is 3. The van der Waals surface area contributed by atoms with E-state index in [4.69, 9.17) is 4.74 Å². The maximum Gasteiger partial charge on any atom is 0.413 e. The van der Waals surface area contributed by atoms with Crippen molar-refractivity contribution < 1.29 is 9.53 Å². The normalized spacial score (nSPS) is 11.4. The van der Waals surface area contributed by atoms with Crippen molar-refractivity contribution >= 4 is 23.7 Å². The van der Waals surface area contributed by atoms with E-state index in [0.29, 0.717) is 12.4 Å². The van der Waals surface area contributed by atoms with Crippen LogP contribution >= 0.6 is 11.8 Å². The predicted molar refractivity (Wildman–Crippen MR) is 87.8 cm³/mol. The summed E-state index contributed by atoms with van der Waals surface area (Å²) >= 11 is 1.94. The zero-order valence-corrected chi connectivity index (χ0v) is 14.1. The van der Waals surface area contributed by atoms with Crippen molar-refractivity contribution in [2.45, 2.75) is 46.3 Å². The molecule has 0 aliphatic carbocycles. The molecule has 0 fully saturated rings. The summed E-state index contributed by atoms with van der Waals surface area (Å²) < 4.78 is 5.21. The van der Waals surface area contributed by atoms with Gasteiger partial charge < -0.3 is 10.1 Å². The van der Waals surface area contributed by atoms with Crippen LogP contribution in [0.1, 0.15) is 39.7 Å². The zero-order chi connectivity index (χ0) is 15.7. The molecular weight excluding hydrogens is 288 g/mol. The van der Waals surface area contributed by atoms with Crippen molar-refractivity contribution in [1.29, 1.82) is 0 Å². The number of aromatic amines is 1. The lowest BCUT2D eigenvalue weighted by atomic mass is 10.2. The molecule has 0 aliphatic rings. The van der Waals surface area contributed by atoms with Crippen molar-refractivity contribution in [2.24, 2.45) is 0 Å². The third-order valence-electron chi connectivity index (χ3n) is 2.51. The molecule has 0 aliphatic heterocycles. The lowest BCUT2D eigenvalue weighted by Gasteiger charge is -2.19. The van der Waals surface area contributed by atoms with Crippen LogP contribution in [0, 0.1) is 0 Å². The number of rotatable bonds is 8. The third kappa shape index (κ3) is 7.96. The van der Waals surface area contributed by atoms with E-state index in [0.717, 1.165) is 30.0 Å². The van der Waals surface area contributed by atoms with Gasteiger partial charge in [-0.25, -0.2) is 4.79 Å². The predicted octanol–water partition coefficient (Wildman–Crippen LogP) is 2.99. The highest BCUT2D eigenvalue weighted by Gasteiger charge is 2.17. The first-order valence-electron chi connectivity index (χ1n) is 7.23. The number of H-pyrrole nitrogens is 1. The third-order valence-corrected chi connectivity index (χ3v) is 3.49. The molecule has 1 aromatic heterocycles. The van der Waals surface area contributed by atoms with Crippen molar-refractivity contribution in [2.75, 3.05) is 23.4 Å². The van der Waals surface area contributed by atoms with E-state index < -0.39 is 11.7 Å². The fourth-order valence-electron chi connectivity index (χ4n) is 1.63. The maximum absolute atomic E-state index is 11.7. The lowest BCUT2D eigenvalue weighted by molar-refractivity contribution is 0.0635. The highest BCUT2D eigenvalue weighted by Crippen LogP contribution is 2.13. The summed E-state index contributed by atoms with van der Waals surface area (Å²) in [6.07, 6.45) is 2.36. The van der Waals surface area contributed by atoms with Crippen LogP contribution in [0.5, 0.6) is 0 Å². The van der Waals surface area contributed by atoms with Crippen LogP contribution in [0.3, 0.4) is 0 Å². The molecule has 0 aromatic carbocycles. The van der Waals surface area contributed by atoms with Gasteiger partial charge >= 0.3 is 6.09 Å². The van der Waals surface area contributed by atoms with Crippen molar-refractivity contribution in [1.82, 2.24) is 15.5 Å². The second kappa shape index (κ2) is 8.94. The second-order valence-corrected chi connectivity index (χ2v) is 7.02. The minimum Gasteiger partial charge on any atom is -0.444 e. The summed E-state index contributed by atoms with van der Waals surface area (Å²) in [6.45, 7) is 9.27. The fraction of sp³-hybridized carbons (Fsp3) is 0.714. The van der Waals surface area contributed by atoms with E-state index in [1.807, 2.05) is 32.5 Å². The van der Waals surface area contributed by atoms with Crippen molar-refractivity contribution in [3.63, 3.8) is 0 Å². The van der Waals surface area contributed by atoms with Gasteiger partial charge in [-0.15, -0.1) is 0 Å². The Balaban J connectivity index is 2.34. The first-order chi connectivity index (χ1) is 9.92. The molecule has 0 atom stereocenters. The highest BCUT2D eigenvalue weighted by molar-refractivity contribution is 7.99. The molecule has 0 unspecified atom stereocenters. The van der Waals surface area contributed by atoms with Gasteiger partial charge in [0.15, 0.2) is 0 Å². The zero-order valence-electron chi connectivity index (χ0n) is 13.3. The highest BCUT2D eigenvalue weighted by atomic mass is 32.2. The molecule has 1 rings (SSSR count). The van der Waals surface area contributed by atoms with Gasteiger partial charge in [0.1, 0.15) is 11.4 Å². The van der Waals surface area contributed by atoms with Crippen LogP contribution in [-0.2, 0) is 11.3 Å². The number of nitrogens with one attached hydrogen (secondary N) is 3. The molecule has 0 bridgehead atoms. The Morgan fingerprint density at radius 3 is 2.90 bits per heavy atom. The molecule has 120 valence electrons. The molecule has 0 saturated carbocycles. The summed E-state index contributed by atoms with van der Waals surface area (Å²) in [7, 11) is 0. The first kappa shape index (κ1) is 17.8. The van der Waals surface area contributed by atoms with Crippen LogP contribution in [0.2, 0.25) is 0 Å². The maximum atomic E-state index is 11.7. The SMILES string of the molecule is CCSCCCNCc1cn[nH]c1NC(=O)OC(C)(C)C. The molecule has 7 heteroatoms. The van der Waals surface area contributed by atoms with E-state index in [1.54, 1.807) is 6.20 Å². The van der Waals surface area contributed by atoms with Crippen LogP contribution in [0.25, 0.3) is 0 Å². The van der Waals surface area contributed by atoms with Gasteiger partial charge in [0.25, 0.3) is 0 Å². The quantitative estimate of drug-likeness (QED) is 0.643. The largest absolute Gasteiger partial charge is 0.444 e. The topological polar surface area (TPSA) is 79.0 Å². The van der Waals surface area contributed by atoms with Gasteiger partial charge in [0.2, 0.25) is 0 Å². The molecule has 0 saturated heterocycles. The van der Waals surface area contributed by atoms with Gasteiger partial charge in [0, 0.05) is 12.1 Å². The van der Waals surface area contributed by atoms with Gasteiger partial charge in [-0.1, -0.05) is 6.92 Å². The van der Waals surface area contributed by atoms with Crippen LogP contribution < -0.4 is 10.6 Å². The van der Waals surface area contributed by atoms with Gasteiger partial charge in [-0.3, -0.25) is 10.4 Å². The molecule has 1 heterocycles. The lowest BCUT2D eigenvalue weighted by Crippen LogP contribution is -2.28. The number of nitrogens with zero attached hydrogens (tertiary/aromatic N) is 1.